The molecule has 4 aromatic rings. The van der Waals surface area contributed by atoms with Crippen molar-refractivity contribution in [1.82, 2.24) is 19.7 Å². The number of nitrogens with zero attached hydrogens (tertiary/aromatic N) is 2. The molecule has 0 radical (unpaired) electrons. The molecule has 0 atom stereocenters. The Morgan fingerprint density at radius 2 is 1.64 bits per heavy atom. The number of hydrogen-bond acceptors (Lipinski definition) is 3. The molecule has 0 spiro atoms. The highest BCUT2D eigenvalue weighted by atomic mass is 19.1. The number of halogens is 2. The highest BCUT2D eigenvalue weighted by Gasteiger charge is 2.20. The molecule has 0 aliphatic rings. The van der Waals surface area contributed by atoms with Crippen LogP contribution in [0.5, 0.6) is 0 Å². The monoisotopic (exact) mass is 378 g/mol. The van der Waals surface area contributed by atoms with Crippen molar-refractivity contribution in [2.45, 2.75) is 6.92 Å². The Labute approximate surface area is 156 Å². The summed E-state index contributed by atoms with van der Waals surface area (Å²) in [5, 5.41) is 6.34. The molecular formula is C20H12F2N4O2. The summed E-state index contributed by atoms with van der Waals surface area (Å²) < 4.78 is 29.7. The van der Waals surface area contributed by atoms with Gasteiger partial charge in [-0.2, -0.15) is 5.10 Å². The van der Waals surface area contributed by atoms with E-state index in [0.29, 0.717) is 15.8 Å². The van der Waals surface area contributed by atoms with Crippen LogP contribution in [0.2, 0.25) is 0 Å². The summed E-state index contributed by atoms with van der Waals surface area (Å²) in [6, 6.07) is 10.9. The van der Waals surface area contributed by atoms with Crippen molar-refractivity contribution in [2.24, 2.45) is 0 Å². The van der Waals surface area contributed by atoms with E-state index in [1.807, 2.05) is 6.07 Å². The van der Waals surface area contributed by atoms with Gasteiger partial charge in [-0.05, 0) is 31.2 Å². The lowest BCUT2D eigenvalue weighted by molar-refractivity contribution is 0.562. The van der Waals surface area contributed by atoms with Crippen LogP contribution in [-0.2, 0) is 0 Å². The molecular weight excluding hydrogens is 366 g/mol. The molecule has 0 amide bonds. The highest BCUT2D eigenvalue weighted by Crippen LogP contribution is 2.18. The number of H-pyrrole nitrogens is 2. The van der Waals surface area contributed by atoms with Gasteiger partial charge in [-0.15, -0.1) is 0 Å². The Kier molecular flexibility index (Phi) is 4.12. The standard InChI is InChI=1S/C20H12F2N4O2/c1-11-16-17(25-24-11)19(27)26(20(28)23-16)18-14(21)9-13(10-15(18)22)8-7-12-5-3-2-4-6-12/h2-6,9-10H,1H3,(H,23,28)(H,24,25). The zero-order valence-corrected chi connectivity index (χ0v) is 14.5. The van der Waals surface area contributed by atoms with E-state index in [0.717, 1.165) is 12.1 Å². The zero-order valence-electron chi connectivity index (χ0n) is 14.5. The molecule has 4 rings (SSSR count). The minimum Gasteiger partial charge on any atom is -0.303 e. The Morgan fingerprint density at radius 1 is 1.00 bits per heavy atom. The average Bonchev–Trinajstić information content (AvgIpc) is 3.04. The van der Waals surface area contributed by atoms with Crippen molar-refractivity contribution < 1.29 is 8.78 Å². The average molecular weight is 378 g/mol. The number of fused-ring (bicyclic) bond motifs is 1. The van der Waals surface area contributed by atoms with Crippen molar-refractivity contribution >= 4 is 11.0 Å². The third-order valence-corrected chi connectivity index (χ3v) is 4.15. The van der Waals surface area contributed by atoms with Crippen molar-refractivity contribution in [3.05, 3.63) is 91.8 Å². The lowest BCUT2D eigenvalue weighted by atomic mass is 10.1. The SMILES string of the molecule is Cc1[nH]nc2c(=O)n(-c3c(F)cc(C#Cc4ccccc4)cc3F)c(=O)[nH]c12. The van der Waals surface area contributed by atoms with E-state index < -0.39 is 28.6 Å². The fourth-order valence-corrected chi connectivity index (χ4v) is 2.82. The van der Waals surface area contributed by atoms with Crippen molar-refractivity contribution in [3.63, 3.8) is 0 Å². The minimum atomic E-state index is -1.09. The van der Waals surface area contributed by atoms with Crippen molar-refractivity contribution in [2.75, 3.05) is 0 Å². The maximum absolute atomic E-state index is 14.6. The van der Waals surface area contributed by atoms with Gasteiger partial charge in [-0.3, -0.25) is 9.89 Å². The predicted molar refractivity (Wildman–Crippen MR) is 99.4 cm³/mol. The van der Waals surface area contributed by atoms with Gasteiger partial charge in [0, 0.05) is 11.1 Å². The third kappa shape index (κ3) is 2.89. The molecule has 2 N–H and O–H groups in total. The molecule has 0 aliphatic carbocycles. The minimum absolute atomic E-state index is 0.0729. The number of aryl methyl sites for hydroxylation is 1. The first-order valence-electron chi connectivity index (χ1n) is 8.22. The van der Waals surface area contributed by atoms with Crippen LogP contribution in [0.25, 0.3) is 16.7 Å². The largest absolute Gasteiger partial charge is 0.333 e. The molecule has 8 heteroatoms. The number of aromatic nitrogens is 4. The van der Waals surface area contributed by atoms with E-state index in [1.165, 1.54) is 0 Å². The van der Waals surface area contributed by atoms with E-state index in [2.05, 4.69) is 27.0 Å². The second-order valence-electron chi connectivity index (χ2n) is 6.05. The van der Waals surface area contributed by atoms with Gasteiger partial charge >= 0.3 is 5.69 Å². The van der Waals surface area contributed by atoms with Gasteiger partial charge in [-0.25, -0.2) is 18.1 Å². The van der Waals surface area contributed by atoms with Crippen LogP contribution < -0.4 is 11.2 Å². The molecule has 0 saturated heterocycles. The molecule has 6 nitrogen and oxygen atoms in total. The zero-order chi connectivity index (χ0) is 19.8. The second-order valence-corrected chi connectivity index (χ2v) is 6.05. The van der Waals surface area contributed by atoms with Crippen molar-refractivity contribution in [3.8, 4) is 17.5 Å². The van der Waals surface area contributed by atoms with Crippen LogP contribution in [0, 0.1) is 30.4 Å². The Bertz CT molecular complexity index is 1370. The molecule has 28 heavy (non-hydrogen) atoms. The number of aromatic amines is 2. The summed E-state index contributed by atoms with van der Waals surface area (Å²) in [6.07, 6.45) is 0. The molecule has 0 fully saturated rings. The van der Waals surface area contributed by atoms with Gasteiger partial charge in [0.05, 0.1) is 11.2 Å². The summed E-state index contributed by atoms with van der Waals surface area (Å²) in [6.45, 7) is 1.61. The van der Waals surface area contributed by atoms with Gasteiger partial charge in [0.2, 0.25) is 0 Å². The smallest absolute Gasteiger partial charge is 0.303 e. The summed E-state index contributed by atoms with van der Waals surface area (Å²) in [5.74, 6) is 3.28. The first-order chi connectivity index (χ1) is 13.5. The molecule has 2 aromatic carbocycles. The van der Waals surface area contributed by atoms with Gasteiger partial charge in [0.15, 0.2) is 17.2 Å². The van der Waals surface area contributed by atoms with Gasteiger partial charge in [-0.1, -0.05) is 30.0 Å². The Hall–Kier alpha value is -3.99. The van der Waals surface area contributed by atoms with Crippen LogP contribution in [-0.4, -0.2) is 19.7 Å². The molecule has 0 bridgehead atoms. The summed E-state index contributed by atoms with van der Waals surface area (Å²) in [5.41, 5.74) is -1.39. The number of rotatable bonds is 1. The summed E-state index contributed by atoms with van der Waals surface area (Å²) in [7, 11) is 0. The Morgan fingerprint density at radius 3 is 2.32 bits per heavy atom. The molecule has 2 heterocycles. The molecule has 0 saturated carbocycles. The van der Waals surface area contributed by atoms with Crippen LogP contribution >= 0.6 is 0 Å². The summed E-state index contributed by atoms with van der Waals surface area (Å²) in [4.78, 5) is 27.3. The van der Waals surface area contributed by atoms with Gasteiger partial charge in [0.25, 0.3) is 5.56 Å². The lowest BCUT2D eigenvalue weighted by Gasteiger charge is -2.08. The van der Waals surface area contributed by atoms with Gasteiger partial charge in [0.1, 0.15) is 5.69 Å². The lowest BCUT2D eigenvalue weighted by Crippen LogP contribution is -2.35. The van der Waals surface area contributed by atoms with E-state index >= 15 is 0 Å². The highest BCUT2D eigenvalue weighted by molar-refractivity contribution is 5.75. The normalized spacial score (nSPS) is 10.7. The third-order valence-electron chi connectivity index (χ3n) is 4.15. The van der Waals surface area contributed by atoms with Crippen LogP contribution in [0.3, 0.4) is 0 Å². The summed E-state index contributed by atoms with van der Waals surface area (Å²) >= 11 is 0. The molecule has 138 valence electrons. The fraction of sp³-hybridized carbons (Fsp3) is 0.0500. The molecule has 0 aliphatic heterocycles. The van der Waals surface area contributed by atoms with E-state index in [9.17, 15) is 18.4 Å². The first-order valence-corrected chi connectivity index (χ1v) is 8.22. The van der Waals surface area contributed by atoms with Crippen LogP contribution in [0.15, 0.2) is 52.1 Å². The maximum Gasteiger partial charge on any atom is 0.333 e. The first kappa shape index (κ1) is 17.4. The van der Waals surface area contributed by atoms with E-state index in [1.54, 1.807) is 31.2 Å². The van der Waals surface area contributed by atoms with E-state index in [-0.39, 0.29) is 16.6 Å². The number of hydrogen-bond donors (Lipinski definition) is 2. The topological polar surface area (TPSA) is 83.5 Å². The second kappa shape index (κ2) is 6.63. The molecule has 0 unspecified atom stereocenters. The number of nitrogens with one attached hydrogen (secondary N) is 2. The van der Waals surface area contributed by atoms with Gasteiger partial charge < -0.3 is 4.98 Å². The predicted octanol–water partition coefficient (Wildman–Crippen LogP) is 2.39. The van der Waals surface area contributed by atoms with Crippen LogP contribution in [0.1, 0.15) is 16.8 Å². The van der Waals surface area contributed by atoms with E-state index in [4.69, 9.17) is 0 Å². The van der Waals surface area contributed by atoms with Crippen molar-refractivity contribution in [1.29, 1.82) is 0 Å². The fourth-order valence-electron chi connectivity index (χ4n) is 2.82. The number of benzene rings is 2. The molecule has 2 aromatic heterocycles. The Balaban J connectivity index is 1.87. The van der Waals surface area contributed by atoms with Crippen LogP contribution in [0.4, 0.5) is 8.78 Å². The maximum atomic E-state index is 14.6. The quantitative estimate of drug-likeness (QED) is 0.499.